The first-order chi connectivity index (χ1) is 18.0. The quantitative estimate of drug-likeness (QED) is 0.498. The molecule has 2 aliphatic heterocycles. The number of nitrogens with one attached hydrogen (secondary N) is 2. The number of hydrogen-bond acceptors (Lipinski definition) is 4. The third kappa shape index (κ3) is 5.83. The lowest BCUT2D eigenvalue weighted by molar-refractivity contribution is 0.0772. The lowest BCUT2D eigenvalue weighted by Crippen LogP contribution is -2.36. The third-order valence-electron chi connectivity index (χ3n) is 7.68. The molecule has 0 spiro atoms. The molecular weight excluding hydrogens is 462 g/mol. The summed E-state index contributed by atoms with van der Waals surface area (Å²) in [7, 11) is 0. The molecule has 0 radical (unpaired) electrons. The number of nitrogens with zero attached hydrogens (tertiary/aromatic N) is 3. The minimum absolute atomic E-state index is 0.0834. The van der Waals surface area contributed by atoms with Crippen molar-refractivity contribution in [2.45, 2.75) is 26.3 Å². The Balaban J connectivity index is 1.17. The number of carbonyl (C=O) groups excluding carboxylic acids is 2. The molecule has 2 unspecified atom stereocenters. The number of aryl methyl sites for hydroxylation is 2. The van der Waals surface area contributed by atoms with E-state index in [2.05, 4.69) is 32.7 Å². The van der Waals surface area contributed by atoms with Crippen LogP contribution in [0.4, 0.5) is 10.5 Å². The number of para-hydroxylation sites is 1. The van der Waals surface area contributed by atoms with Gasteiger partial charge in [-0.25, -0.2) is 4.79 Å². The largest absolute Gasteiger partial charge is 0.338 e. The third-order valence-corrected chi connectivity index (χ3v) is 7.68. The van der Waals surface area contributed by atoms with Crippen molar-refractivity contribution >= 4 is 17.6 Å². The molecule has 7 nitrogen and oxygen atoms in total. The van der Waals surface area contributed by atoms with Crippen molar-refractivity contribution in [3.63, 3.8) is 0 Å². The Morgan fingerprint density at radius 3 is 2.22 bits per heavy atom. The fourth-order valence-electron chi connectivity index (χ4n) is 5.78. The minimum atomic E-state index is -0.200. The van der Waals surface area contributed by atoms with Crippen LogP contribution in [0.1, 0.15) is 39.6 Å². The number of aromatic nitrogens is 1. The second kappa shape index (κ2) is 11.1. The van der Waals surface area contributed by atoms with Crippen molar-refractivity contribution in [1.82, 2.24) is 20.1 Å². The molecule has 0 aliphatic carbocycles. The van der Waals surface area contributed by atoms with Gasteiger partial charge in [0.05, 0.1) is 17.3 Å². The van der Waals surface area contributed by atoms with Gasteiger partial charge >= 0.3 is 6.03 Å². The van der Waals surface area contributed by atoms with Gasteiger partial charge in [0.2, 0.25) is 0 Å². The number of amides is 3. The minimum Gasteiger partial charge on any atom is -0.338 e. The Hall–Kier alpha value is -3.71. The number of benzene rings is 2. The summed E-state index contributed by atoms with van der Waals surface area (Å²) in [4.78, 5) is 34.8. The van der Waals surface area contributed by atoms with Crippen molar-refractivity contribution < 1.29 is 9.59 Å². The number of rotatable bonds is 7. The van der Waals surface area contributed by atoms with E-state index < -0.39 is 0 Å². The van der Waals surface area contributed by atoms with Crippen LogP contribution in [0.25, 0.3) is 0 Å². The van der Waals surface area contributed by atoms with Gasteiger partial charge in [0.25, 0.3) is 5.91 Å². The maximum absolute atomic E-state index is 13.2. The number of fused-ring (bicyclic) bond motifs is 1. The molecular formula is C30H35N5O2. The van der Waals surface area contributed by atoms with E-state index in [-0.39, 0.29) is 18.0 Å². The Kier molecular flexibility index (Phi) is 7.51. The monoisotopic (exact) mass is 497 g/mol. The van der Waals surface area contributed by atoms with E-state index in [0.29, 0.717) is 11.8 Å². The highest BCUT2D eigenvalue weighted by Crippen LogP contribution is 2.33. The molecule has 2 fully saturated rings. The number of pyridine rings is 1. The van der Waals surface area contributed by atoms with Gasteiger partial charge in [-0.15, -0.1) is 0 Å². The molecule has 1 aromatic heterocycles. The summed E-state index contributed by atoms with van der Waals surface area (Å²) in [5.74, 6) is 1.10. The molecule has 5 rings (SSSR count). The Labute approximate surface area is 218 Å². The average molecular weight is 498 g/mol. The number of urea groups is 1. The topological polar surface area (TPSA) is 77.6 Å². The van der Waals surface area contributed by atoms with E-state index in [1.807, 2.05) is 73.3 Å². The highest BCUT2D eigenvalue weighted by molar-refractivity contribution is 5.96. The Morgan fingerprint density at radius 1 is 0.919 bits per heavy atom. The first-order valence-corrected chi connectivity index (χ1v) is 13.1. The predicted octanol–water partition coefficient (Wildman–Crippen LogP) is 4.66. The molecule has 37 heavy (non-hydrogen) atoms. The summed E-state index contributed by atoms with van der Waals surface area (Å²) in [5.41, 5.74) is 4.43. The van der Waals surface area contributed by atoms with Gasteiger partial charge in [-0.1, -0.05) is 48.5 Å². The van der Waals surface area contributed by atoms with Crippen LogP contribution in [0, 0.1) is 25.7 Å². The first kappa shape index (κ1) is 25.0. The van der Waals surface area contributed by atoms with Crippen molar-refractivity contribution in [3.05, 3.63) is 95.3 Å². The maximum atomic E-state index is 13.2. The van der Waals surface area contributed by atoms with Gasteiger partial charge in [-0.2, -0.15) is 0 Å². The summed E-state index contributed by atoms with van der Waals surface area (Å²) in [6.45, 7) is 8.36. The number of anilines is 1. The molecule has 0 bridgehead atoms. The van der Waals surface area contributed by atoms with Crippen molar-refractivity contribution in [3.8, 4) is 0 Å². The standard InChI is InChI=1S/C30H35N5O2/c1-21-13-15-31-22(2)28(21)29(36)35-19-24-17-34(18-25(24)20-35)16-14-27(23-9-5-3-6-10-23)33-30(37)32-26-11-7-4-8-12-26/h3-13,15,24-25,27H,14,16-20H2,1-2H3,(H2,32,33,37)/t24?,25?,27-/m0/s1. The van der Waals surface area contributed by atoms with Crippen molar-refractivity contribution in [1.29, 1.82) is 0 Å². The number of hydrogen-bond donors (Lipinski definition) is 2. The van der Waals surface area contributed by atoms with Crippen LogP contribution in [0.2, 0.25) is 0 Å². The van der Waals surface area contributed by atoms with Gasteiger partial charge in [0.1, 0.15) is 0 Å². The van der Waals surface area contributed by atoms with Gasteiger partial charge in [0.15, 0.2) is 0 Å². The molecule has 0 saturated carbocycles. The van der Waals surface area contributed by atoms with E-state index in [1.165, 1.54) is 0 Å². The zero-order valence-corrected chi connectivity index (χ0v) is 21.6. The summed E-state index contributed by atoms with van der Waals surface area (Å²) in [6.07, 6.45) is 2.59. The normalized spacial score (nSPS) is 19.9. The van der Waals surface area contributed by atoms with E-state index >= 15 is 0 Å². The fourth-order valence-corrected chi connectivity index (χ4v) is 5.78. The molecule has 3 amide bonds. The van der Waals surface area contributed by atoms with Gasteiger partial charge in [-0.05, 0) is 61.4 Å². The summed E-state index contributed by atoms with van der Waals surface area (Å²) >= 11 is 0. The molecule has 7 heteroatoms. The zero-order valence-electron chi connectivity index (χ0n) is 21.6. The number of carbonyl (C=O) groups is 2. The molecule has 2 N–H and O–H groups in total. The predicted molar refractivity (Wildman–Crippen MR) is 145 cm³/mol. The summed E-state index contributed by atoms with van der Waals surface area (Å²) in [5, 5.41) is 6.11. The van der Waals surface area contributed by atoms with Gasteiger partial charge < -0.3 is 20.4 Å². The molecule has 3 atom stereocenters. The average Bonchev–Trinajstić information content (AvgIpc) is 3.47. The van der Waals surface area contributed by atoms with E-state index in [9.17, 15) is 9.59 Å². The van der Waals surface area contributed by atoms with Crippen LogP contribution >= 0.6 is 0 Å². The molecule has 2 saturated heterocycles. The van der Waals surface area contributed by atoms with E-state index in [4.69, 9.17) is 0 Å². The second-order valence-electron chi connectivity index (χ2n) is 10.3. The first-order valence-electron chi connectivity index (χ1n) is 13.1. The Bertz CT molecular complexity index is 1200. The smallest absolute Gasteiger partial charge is 0.319 e. The Morgan fingerprint density at radius 2 is 1.57 bits per heavy atom. The zero-order chi connectivity index (χ0) is 25.8. The molecule has 192 valence electrons. The van der Waals surface area contributed by atoms with Crippen LogP contribution in [0.15, 0.2) is 72.9 Å². The van der Waals surface area contributed by atoms with Crippen LogP contribution in [-0.2, 0) is 0 Å². The van der Waals surface area contributed by atoms with Gasteiger partial charge in [-0.3, -0.25) is 9.78 Å². The fraction of sp³-hybridized carbons (Fsp3) is 0.367. The maximum Gasteiger partial charge on any atom is 0.319 e. The highest BCUT2D eigenvalue weighted by atomic mass is 16.2. The van der Waals surface area contributed by atoms with E-state index in [0.717, 1.165) is 67.2 Å². The molecule has 3 heterocycles. The van der Waals surface area contributed by atoms with Crippen molar-refractivity contribution in [2.75, 3.05) is 38.0 Å². The van der Waals surface area contributed by atoms with Crippen molar-refractivity contribution in [2.24, 2.45) is 11.8 Å². The van der Waals surface area contributed by atoms with Crippen LogP contribution in [0.3, 0.4) is 0 Å². The summed E-state index contributed by atoms with van der Waals surface area (Å²) < 4.78 is 0. The van der Waals surface area contributed by atoms with Crippen LogP contribution < -0.4 is 10.6 Å². The number of likely N-dealkylation sites (tertiary alicyclic amines) is 2. The van der Waals surface area contributed by atoms with Crippen LogP contribution in [-0.4, -0.2) is 59.4 Å². The lowest BCUT2D eigenvalue weighted by atomic mass is 10.0. The lowest BCUT2D eigenvalue weighted by Gasteiger charge is -2.25. The van der Waals surface area contributed by atoms with Crippen LogP contribution in [0.5, 0.6) is 0 Å². The molecule has 2 aliphatic rings. The second-order valence-corrected chi connectivity index (χ2v) is 10.3. The molecule has 3 aromatic rings. The van der Waals surface area contributed by atoms with E-state index in [1.54, 1.807) is 6.20 Å². The van der Waals surface area contributed by atoms with Gasteiger partial charge in [0, 0.05) is 44.6 Å². The molecule has 2 aromatic carbocycles. The summed E-state index contributed by atoms with van der Waals surface area (Å²) in [6, 6.07) is 21.3. The highest BCUT2D eigenvalue weighted by Gasteiger charge is 2.42. The SMILES string of the molecule is Cc1ccnc(C)c1C(=O)N1CC2CN(CC[C@H](NC(=O)Nc3ccccc3)c3ccccc3)CC2C1.